The van der Waals surface area contributed by atoms with Gasteiger partial charge in [-0.15, -0.1) is 0 Å². The first-order valence-corrected chi connectivity index (χ1v) is 9.60. The molecule has 1 N–H and O–H groups in total. The molecule has 7 heteroatoms. The fourth-order valence-corrected chi connectivity index (χ4v) is 4.94. The molecule has 1 aromatic rings. The van der Waals surface area contributed by atoms with Crippen LogP contribution in [0, 0.1) is 11.8 Å². The quantitative estimate of drug-likeness (QED) is 0.818. The zero-order chi connectivity index (χ0) is 20.9. The van der Waals surface area contributed by atoms with Crippen molar-refractivity contribution >= 4 is 17.3 Å². The number of carbonyl (C=O) groups is 2. The molecule has 0 radical (unpaired) electrons. The predicted octanol–water partition coefficient (Wildman–Crippen LogP) is 2.28. The van der Waals surface area contributed by atoms with Crippen LogP contribution in [0.25, 0.3) is 5.57 Å². The van der Waals surface area contributed by atoms with Crippen molar-refractivity contribution < 1.29 is 28.5 Å². The number of allylic oxidation sites excluding steroid dienone is 3. The maximum atomic E-state index is 12.9. The second kappa shape index (κ2) is 7.13. The zero-order valence-corrected chi connectivity index (χ0v) is 17.3. The molecule has 0 fully saturated rings. The van der Waals surface area contributed by atoms with E-state index in [0.717, 1.165) is 22.3 Å². The summed E-state index contributed by atoms with van der Waals surface area (Å²) in [6.07, 6.45) is 3.27. The first-order valence-electron chi connectivity index (χ1n) is 9.60. The summed E-state index contributed by atoms with van der Waals surface area (Å²) in [4.78, 5) is 24.7. The number of benzene rings is 1. The number of hydrogen-bond acceptors (Lipinski definition) is 6. The summed E-state index contributed by atoms with van der Waals surface area (Å²) in [6.45, 7) is 1.50. The molecule has 7 nitrogen and oxygen atoms in total. The van der Waals surface area contributed by atoms with Crippen molar-refractivity contribution in [3.8, 4) is 17.2 Å². The normalized spacial score (nSPS) is 24.4. The van der Waals surface area contributed by atoms with Crippen molar-refractivity contribution in [2.45, 2.75) is 25.8 Å². The third kappa shape index (κ3) is 2.71. The van der Waals surface area contributed by atoms with E-state index < -0.39 is 0 Å². The van der Waals surface area contributed by atoms with Crippen LogP contribution in [0.4, 0.5) is 0 Å². The summed E-state index contributed by atoms with van der Waals surface area (Å²) in [5.41, 5.74) is 3.93. The van der Waals surface area contributed by atoms with Gasteiger partial charge in [0.25, 0.3) is 0 Å². The van der Waals surface area contributed by atoms with Crippen molar-refractivity contribution in [1.82, 2.24) is 5.32 Å². The molecule has 0 heterocycles. The van der Waals surface area contributed by atoms with E-state index in [-0.39, 0.29) is 29.6 Å². The molecule has 4 rings (SSSR count). The van der Waals surface area contributed by atoms with Crippen LogP contribution in [-0.4, -0.2) is 46.2 Å². The van der Waals surface area contributed by atoms with E-state index in [1.54, 1.807) is 21.3 Å². The lowest BCUT2D eigenvalue weighted by molar-refractivity contribution is -0.122. The first-order chi connectivity index (χ1) is 14.0. The molecule has 0 unspecified atom stereocenters. The Hall–Kier alpha value is -2.96. The van der Waals surface area contributed by atoms with Gasteiger partial charge in [-0.05, 0) is 41.7 Å². The van der Waals surface area contributed by atoms with E-state index in [4.69, 9.17) is 18.9 Å². The Morgan fingerprint density at radius 2 is 1.79 bits per heavy atom. The van der Waals surface area contributed by atoms with Gasteiger partial charge in [-0.3, -0.25) is 9.59 Å². The number of hydrogen-bond donors (Lipinski definition) is 1. The fraction of sp³-hybridized carbons (Fsp3) is 0.455. The topological polar surface area (TPSA) is 83.1 Å². The lowest BCUT2D eigenvalue weighted by atomic mass is 9.64. The molecular weight excluding hydrogens is 374 g/mol. The predicted molar refractivity (Wildman–Crippen MR) is 106 cm³/mol. The summed E-state index contributed by atoms with van der Waals surface area (Å²) in [5.74, 6) is 1.50. The lowest BCUT2D eigenvalue weighted by Gasteiger charge is -2.40. The Bertz CT molecular complexity index is 961. The molecule has 1 aromatic carbocycles. The first kappa shape index (κ1) is 19.4. The highest BCUT2D eigenvalue weighted by Crippen LogP contribution is 2.59. The molecule has 1 amide bonds. The number of Topliss-reactive ketones (excluding diaryl/α,β-unsaturated/α-hetero) is 1. The lowest BCUT2D eigenvalue weighted by Crippen LogP contribution is -2.44. The van der Waals surface area contributed by atoms with Crippen molar-refractivity contribution in [2.24, 2.45) is 11.8 Å². The number of ketones is 1. The van der Waals surface area contributed by atoms with Crippen LogP contribution in [0.1, 0.15) is 24.5 Å². The number of amides is 1. The Labute approximate surface area is 169 Å². The highest BCUT2D eigenvalue weighted by molar-refractivity contribution is 6.08. The Balaban J connectivity index is 1.96. The number of fused-ring (bicyclic) bond motifs is 5. The monoisotopic (exact) mass is 399 g/mol. The van der Waals surface area contributed by atoms with Crippen LogP contribution >= 0.6 is 0 Å². The third-order valence-electron chi connectivity index (χ3n) is 6.05. The van der Waals surface area contributed by atoms with E-state index in [2.05, 4.69) is 5.32 Å². The molecule has 0 aromatic heterocycles. The SMILES string of the molecule is COC1=C[C@@H]2C3=C([C@@H]2C1=O)[C@H](NC(C)=O)CCc1cc(OC)c(OC)c(OC)c13. The average molecular weight is 399 g/mol. The zero-order valence-electron chi connectivity index (χ0n) is 17.3. The number of methoxy groups -OCH3 is 4. The highest BCUT2D eigenvalue weighted by atomic mass is 16.5. The average Bonchev–Trinajstić information content (AvgIpc) is 2.89. The van der Waals surface area contributed by atoms with E-state index in [9.17, 15) is 9.59 Å². The van der Waals surface area contributed by atoms with Crippen LogP contribution < -0.4 is 19.5 Å². The van der Waals surface area contributed by atoms with Gasteiger partial charge in [-0.2, -0.15) is 0 Å². The van der Waals surface area contributed by atoms with Gasteiger partial charge in [0.15, 0.2) is 17.3 Å². The van der Waals surface area contributed by atoms with Crippen LogP contribution in [0.5, 0.6) is 17.2 Å². The maximum absolute atomic E-state index is 12.9. The molecule has 0 spiro atoms. The van der Waals surface area contributed by atoms with Gasteiger partial charge in [-0.25, -0.2) is 0 Å². The third-order valence-corrected chi connectivity index (χ3v) is 6.05. The van der Waals surface area contributed by atoms with Gasteiger partial charge in [0, 0.05) is 18.4 Å². The molecule has 3 aliphatic carbocycles. The number of rotatable bonds is 5. The molecule has 0 aliphatic heterocycles. The minimum Gasteiger partial charge on any atom is -0.493 e. The van der Waals surface area contributed by atoms with Crippen molar-refractivity contribution in [1.29, 1.82) is 0 Å². The molecule has 3 aliphatic rings. The summed E-state index contributed by atoms with van der Waals surface area (Å²) < 4.78 is 22.2. The minimum absolute atomic E-state index is 0.0329. The highest BCUT2D eigenvalue weighted by Gasteiger charge is 2.54. The van der Waals surface area contributed by atoms with Gasteiger partial charge in [0.1, 0.15) is 0 Å². The summed E-state index contributed by atoms with van der Waals surface area (Å²) in [7, 11) is 6.27. The molecule has 3 atom stereocenters. The van der Waals surface area contributed by atoms with Crippen molar-refractivity contribution in [3.63, 3.8) is 0 Å². The standard InChI is InChI=1S/C22H25NO6/c1-10(24)23-13-7-6-11-8-15(27-3)21(28-4)22(29-5)16(11)17-12-9-14(26-2)20(25)18(12)19(13)17/h8-9,12-13,18H,6-7H2,1-5H3,(H,23,24)/t12-,13-,18-/m1/s1. The summed E-state index contributed by atoms with van der Waals surface area (Å²) >= 11 is 0. The Kier molecular flexibility index (Phi) is 4.76. The summed E-state index contributed by atoms with van der Waals surface area (Å²) in [5, 5.41) is 3.03. The number of ether oxygens (including phenoxy) is 4. The second-order valence-electron chi connectivity index (χ2n) is 7.44. The number of aryl methyl sites for hydroxylation is 1. The molecule has 0 bridgehead atoms. The second-order valence-corrected chi connectivity index (χ2v) is 7.44. The Morgan fingerprint density at radius 1 is 1.07 bits per heavy atom. The van der Waals surface area contributed by atoms with E-state index in [1.165, 1.54) is 14.0 Å². The van der Waals surface area contributed by atoms with E-state index in [1.807, 2.05) is 12.1 Å². The van der Waals surface area contributed by atoms with Gasteiger partial charge in [0.2, 0.25) is 17.4 Å². The maximum Gasteiger partial charge on any atom is 0.217 e. The number of nitrogens with one attached hydrogen (secondary N) is 1. The summed E-state index contributed by atoms with van der Waals surface area (Å²) in [6, 6.07) is 1.74. The van der Waals surface area contributed by atoms with Crippen LogP contribution in [-0.2, 0) is 20.7 Å². The smallest absolute Gasteiger partial charge is 0.217 e. The molecule has 0 saturated carbocycles. The molecule has 0 saturated heterocycles. The fourth-order valence-electron chi connectivity index (χ4n) is 4.94. The van der Waals surface area contributed by atoms with Crippen LogP contribution in [0.15, 0.2) is 23.5 Å². The number of carbonyl (C=O) groups excluding carboxylic acids is 2. The Morgan fingerprint density at radius 3 is 2.38 bits per heavy atom. The molecular formula is C22H25NO6. The van der Waals surface area contributed by atoms with Gasteiger partial charge < -0.3 is 24.3 Å². The van der Waals surface area contributed by atoms with Crippen LogP contribution in [0.2, 0.25) is 0 Å². The molecule has 29 heavy (non-hydrogen) atoms. The largest absolute Gasteiger partial charge is 0.493 e. The van der Waals surface area contributed by atoms with E-state index >= 15 is 0 Å². The van der Waals surface area contributed by atoms with Gasteiger partial charge >= 0.3 is 0 Å². The van der Waals surface area contributed by atoms with Crippen molar-refractivity contribution in [2.75, 3.05) is 28.4 Å². The van der Waals surface area contributed by atoms with Crippen molar-refractivity contribution in [3.05, 3.63) is 34.6 Å². The minimum atomic E-state index is -0.305. The van der Waals surface area contributed by atoms with Gasteiger partial charge in [-0.1, -0.05) is 0 Å². The van der Waals surface area contributed by atoms with E-state index in [0.29, 0.717) is 35.8 Å². The van der Waals surface area contributed by atoms with Crippen LogP contribution in [0.3, 0.4) is 0 Å². The van der Waals surface area contributed by atoms with Gasteiger partial charge in [0.05, 0.1) is 40.4 Å². The molecule has 154 valence electrons.